The van der Waals surface area contributed by atoms with Crippen molar-refractivity contribution in [1.29, 1.82) is 0 Å². The molecule has 0 fully saturated rings. The van der Waals surface area contributed by atoms with E-state index in [1.165, 1.54) is 6.08 Å². The van der Waals surface area contributed by atoms with Gasteiger partial charge in [0.15, 0.2) is 0 Å². The van der Waals surface area contributed by atoms with E-state index in [2.05, 4.69) is 50.5 Å². The van der Waals surface area contributed by atoms with Gasteiger partial charge in [-0.3, -0.25) is 4.79 Å². The molecular weight excluding hydrogens is 620 g/mol. The third-order valence-electron chi connectivity index (χ3n) is 4.48. The molecule has 0 saturated heterocycles. The van der Waals surface area contributed by atoms with Crippen molar-refractivity contribution < 1.29 is 19.4 Å². The Kier molecular flexibility index (Phi) is 8.08. The number of rotatable bonds is 7. The Morgan fingerprint density at radius 1 is 1.00 bits per heavy atom. The van der Waals surface area contributed by atoms with E-state index in [-0.39, 0.29) is 5.70 Å². The zero-order valence-electron chi connectivity index (χ0n) is 16.6. The normalized spacial score (nSPS) is 11.1. The fourth-order valence-corrected chi connectivity index (χ4v) is 4.95. The number of hydrogen-bond donors (Lipinski definition) is 2. The van der Waals surface area contributed by atoms with E-state index >= 15 is 0 Å². The number of carboxylic acid groups (broad SMARTS) is 1. The summed E-state index contributed by atoms with van der Waals surface area (Å²) in [5, 5.41) is 12.0. The zero-order valence-corrected chi connectivity index (χ0v) is 20.9. The molecule has 0 bridgehead atoms. The Morgan fingerprint density at radius 3 is 2.23 bits per heavy atom. The number of carbonyl (C=O) groups is 2. The van der Waals surface area contributed by atoms with Crippen LogP contribution in [0, 0.1) is 14.1 Å². The Labute approximate surface area is 207 Å². The second-order valence-electron chi connectivity index (χ2n) is 6.71. The number of amides is 1. The SMILES string of the molecule is Cc1ccccc1COc1c(I)cc(/C=C(/NC(=O)c2ccccc2)C(=O)O)cc1I. The minimum Gasteiger partial charge on any atom is -0.487 e. The number of benzene rings is 3. The lowest BCUT2D eigenvalue weighted by molar-refractivity contribution is -0.132. The van der Waals surface area contributed by atoms with Crippen LogP contribution in [0.15, 0.2) is 72.4 Å². The van der Waals surface area contributed by atoms with Gasteiger partial charge in [0.05, 0.1) is 7.14 Å². The molecule has 158 valence electrons. The van der Waals surface area contributed by atoms with Crippen LogP contribution in [0.5, 0.6) is 5.75 Å². The molecule has 0 radical (unpaired) electrons. The second kappa shape index (κ2) is 10.8. The average Bonchev–Trinajstić information content (AvgIpc) is 2.74. The predicted molar refractivity (Wildman–Crippen MR) is 137 cm³/mol. The Morgan fingerprint density at radius 2 is 1.61 bits per heavy atom. The number of carboxylic acids is 1. The van der Waals surface area contributed by atoms with Gasteiger partial charge >= 0.3 is 5.97 Å². The fraction of sp³-hybridized carbons (Fsp3) is 0.0833. The van der Waals surface area contributed by atoms with Gasteiger partial charge in [0.2, 0.25) is 0 Å². The summed E-state index contributed by atoms with van der Waals surface area (Å²) in [6.45, 7) is 2.49. The van der Waals surface area contributed by atoms with Crippen molar-refractivity contribution in [2.75, 3.05) is 0 Å². The van der Waals surface area contributed by atoms with Crippen LogP contribution in [0.4, 0.5) is 0 Å². The van der Waals surface area contributed by atoms with Gasteiger partial charge < -0.3 is 15.2 Å². The third kappa shape index (κ3) is 6.30. The summed E-state index contributed by atoms with van der Waals surface area (Å²) in [5.41, 5.74) is 3.11. The average molecular weight is 639 g/mol. The Balaban J connectivity index is 1.81. The molecule has 0 aliphatic rings. The quantitative estimate of drug-likeness (QED) is 0.260. The van der Waals surface area contributed by atoms with E-state index in [1.807, 2.05) is 43.3 Å². The molecule has 3 aromatic carbocycles. The maximum absolute atomic E-state index is 12.3. The maximum Gasteiger partial charge on any atom is 0.352 e. The van der Waals surface area contributed by atoms with Crippen LogP contribution in [-0.2, 0) is 11.4 Å². The van der Waals surface area contributed by atoms with Crippen LogP contribution < -0.4 is 10.1 Å². The number of aliphatic carboxylic acids is 1. The monoisotopic (exact) mass is 639 g/mol. The molecule has 5 nitrogen and oxygen atoms in total. The van der Waals surface area contributed by atoms with E-state index in [0.717, 1.165) is 24.0 Å². The van der Waals surface area contributed by atoms with Crippen LogP contribution in [0.1, 0.15) is 27.0 Å². The van der Waals surface area contributed by atoms with Crippen LogP contribution in [-0.4, -0.2) is 17.0 Å². The van der Waals surface area contributed by atoms with E-state index in [4.69, 9.17) is 4.74 Å². The molecule has 2 N–H and O–H groups in total. The summed E-state index contributed by atoms with van der Waals surface area (Å²) in [5.74, 6) is -0.946. The first kappa shape index (κ1) is 23.3. The minimum atomic E-state index is -1.21. The Bertz CT molecular complexity index is 1120. The van der Waals surface area contributed by atoms with E-state index in [9.17, 15) is 14.7 Å². The van der Waals surface area contributed by atoms with Gasteiger partial charge in [0.25, 0.3) is 5.91 Å². The minimum absolute atomic E-state index is 0.200. The standard InChI is InChI=1S/C24H19I2NO4/c1-15-7-5-6-10-18(15)14-31-22-19(25)11-16(12-20(22)26)13-21(24(29)30)27-23(28)17-8-3-2-4-9-17/h2-13H,14H2,1H3,(H,27,28)(H,29,30)/b21-13+. The molecule has 0 unspecified atom stereocenters. The van der Waals surface area contributed by atoms with Crippen molar-refractivity contribution in [3.05, 3.63) is 102 Å². The lowest BCUT2D eigenvalue weighted by Gasteiger charge is -2.13. The van der Waals surface area contributed by atoms with Gasteiger partial charge in [-0.2, -0.15) is 0 Å². The maximum atomic E-state index is 12.3. The highest BCUT2D eigenvalue weighted by Crippen LogP contribution is 2.30. The van der Waals surface area contributed by atoms with Crippen LogP contribution in [0.3, 0.4) is 0 Å². The van der Waals surface area contributed by atoms with Crippen molar-refractivity contribution >= 4 is 63.1 Å². The molecule has 1 amide bonds. The topological polar surface area (TPSA) is 75.6 Å². The number of nitrogens with one attached hydrogen (secondary N) is 1. The van der Waals surface area contributed by atoms with E-state index in [0.29, 0.717) is 17.7 Å². The smallest absolute Gasteiger partial charge is 0.352 e. The molecule has 7 heteroatoms. The van der Waals surface area contributed by atoms with Gasteiger partial charge in [0, 0.05) is 5.56 Å². The van der Waals surface area contributed by atoms with Gasteiger partial charge in [-0.25, -0.2) is 4.79 Å². The van der Waals surface area contributed by atoms with Crippen LogP contribution in [0.25, 0.3) is 6.08 Å². The number of halogens is 2. The van der Waals surface area contributed by atoms with Crippen molar-refractivity contribution in [2.45, 2.75) is 13.5 Å². The first-order valence-corrected chi connectivity index (χ1v) is 11.5. The lowest BCUT2D eigenvalue weighted by Crippen LogP contribution is -2.27. The molecule has 0 atom stereocenters. The molecule has 0 aliphatic heterocycles. The van der Waals surface area contributed by atoms with Gasteiger partial charge in [-0.05, 0) is 99.1 Å². The largest absolute Gasteiger partial charge is 0.487 e. The molecule has 0 aromatic heterocycles. The summed E-state index contributed by atoms with van der Waals surface area (Å²) in [7, 11) is 0. The fourth-order valence-electron chi connectivity index (χ4n) is 2.82. The summed E-state index contributed by atoms with van der Waals surface area (Å²) < 4.78 is 7.74. The molecule has 0 heterocycles. The Hall–Kier alpha value is -2.40. The second-order valence-corrected chi connectivity index (χ2v) is 9.04. The van der Waals surface area contributed by atoms with Crippen molar-refractivity contribution in [3.8, 4) is 5.75 Å². The third-order valence-corrected chi connectivity index (χ3v) is 6.08. The molecule has 0 spiro atoms. The number of ether oxygens (including phenoxy) is 1. The van der Waals surface area contributed by atoms with Crippen LogP contribution >= 0.6 is 45.2 Å². The molecule has 3 rings (SSSR count). The molecular formula is C24H19I2NO4. The van der Waals surface area contributed by atoms with Crippen molar-refractivity contribution in [2.24, 2.45) is 0 Å². The van der Waals surface area contributed by atoms with Gasteiger partial charge in [0.1, 0.15) is 18.1 Å². The number of carbonyl (C=O) groups excluding carboxylic acids is 1. The predicted octanol–water partition coefficient (Wildman–Crippen LogP) is 5.64. The van der Waals surface area contributed by atoms with Gasteiger partial charge in [-0.1, -0.05) is 42.5 Å². The summed E-state index contributed by atoms with van der Waals surface area (Å²) in [4.78, 5) is 24.0. The molecule has 0 saturated carbocycles. The highest BCUT2D eigenvalue weighted by atomic mass is 127. The molecule has 31 heavy (non-hydrogen) atoms. The van der Waals surface area contributed by atoms with E-state index in [1.54, 1.807) is 30.3 Å². The van der Waals surface area contributed by atoms with E-state index < -0.39 is 11.9 Å². The molecule has 3 aromatic rings. The lowest BCUT2D eigenvalue weighted by atomic mass is 10.1. The van der Waals surface area contributed by atoms with Crippen molar-refractivity contribution in [3.63, 3.8) is 0 Å². The summed E-state index contributed by atoms with van der Waals surface area (Å²) in [6, 6.07) is 20.2. The zero-order chi connectivity index (χ0) is 22.4. The molecule has 0 aliphatic carbocycles. The highest BCUT2D eigenvalue weighted by molar-refractivity contribution is 14.1. The first-order chi connectivity index (χ1) is 14.8. The number of aryl methyl sites for hydroxylation is 1. The first-order valence-electron chi connectivity index (χ1n) is 9.33. The van der Waals surface area contributed by atoms with Gasteiger partial charge in [-0.15, -0.1) is 0 Å². The number of hydrogen-bond acceptors (Lipinski definition) is 3. The summed E-state index contributed by atoms with van der Waals surface area (Å²) >= 11 is 4.34. The van der Waals surface area contributed by atoms with Crippen LogP contribution in [0.2, 0.25) is 0 Å². The van der Waals surface area contributed by atoms with Crippen molar-refractivity contribution in [1.82, 2.24) is 5.32 Å². The highest BCUT2D eigenvalue weighted by Gasteiger charge is 2.15. The summed E-state index contributed by atoms with van der Waals surface area (Å²) in [6.07, 6.45) is 1.44.